The second-order valence-electron chi connectivity index (χ2n) is 5.22. The summed E-state index contributed by atoms with van der Waals surface area (Å²) in [5, 5.41) is 2.61. The van der Waals surface area contributed by atoms with Gasteiger partial charge in [0.15, 0.2) is 5.79 Å². The first-order valence-electron chi connectivity index (χ1n) is 7.12. The van der Waals surface area contributed by atoms with Gasteiger partial charge >= 0.3 is 11.8 Å². The molecule has 0 saturated carbocycles. The molecule has 2 aliphatic rings. The normalized spacial score (nSPS) is 20.5. The van der Waals surface area contributed by atoms with Crippen LogP contribution in [-0.2, 0) is 19.1 Å². The van der Waals surface area contributed by atoms with Crippen molar-refractivity contribution in [2.45, 2.75) is 18.6 Å². The summed E-state index contributed by atoms with van der Waals surface area (Å²) in [5.74, 6) is -1.65. The zero-order chi connectivity index (χ0) is 14.7. The molecule has 0 bridgehead atoms. The van der Waals surface area contributed by atoms with Crippen LogP contribution in [0.1, 0.15) is 12.8 Å². The molecule has 0 radical (unpaired) electrons. The Bertz CT molecular complexity index is 516. The Balaban J connectivity index is 1.55. The van der Waals surface area contributed by atoms with E-state index >= 15 is 0 Å². The standard InChI is InChI=1S/C15H18N2O4/c18-13(16-12-4-2-1-3-5-12)14(19)17-8-6-15(7-9-17)20-10-11-21-15/h1-5H,6-11H2,(H,16,18). The first-order chi connectivity index (χ1) is 10.2. The van der Waals surface area contributed by atoms with Gasteiger partial charge in [-0.1, -0.05) is 18.2 Å². The molecule has 21 heavy (non-hydrogen) atoms. The molecule has 3 rings (SSSR count). The van der Waals surface area contributed by atoms with Crippen molar-refractivity contribution in [1.82, 2.24) is 4.90 Å². The number of amides is 2. The van der Waals surface area contributed by atoms with Crippen molar-refractivity contribution in [3.05, 3.63) is 30.3 Å². The van der Waals surface area contributed by atoms with Gasteiger partial charge in [-0.2, -0.15) is 0 Å². The van der Waals surface area contributed by atoms with E-state index in [9.17, 15) is 9.59 Å². The molecule has 2 fully saturated rings. The van der Waals surface area contributed by atoms with Crippen LogP contribution >= 0.6 is 0 Å². The molecule has 2 saturated heterocycles. The van der Waals surface area contributed by atoms with Gasteiger partial charge in [-0.05, 0) is 12.1 Å². The molecule has 1 N–H and O–H groups in total. The van der Waals surface area contributed by atoms with Gasteiger partial charge in [0.25, 0.3) is 0 Å². The van der Waals surface area contributed by atoms with Crippen LogP contribution in [0.3, 0.4) is 0 Å². The molecule has 1 aromatic rings. The predicted octanol–water partition coefficient (Wildman–Crippen LogP) is 0.991. The molecule has 2 heterocycles. The first kappa shape index (κ1) is 14.0. The SMILES string of the molecule is O=C(Nc1ccccc1)C(=O)N1CCC2(CC1)OCCO2. The highest BCUT2D eigenvalue weighted by molar-refractivity contribution is 6.39. The Labute approximate surface area is 123 Å². The average Bonchev–Trinajstić information content (AvgIpc) is 2.96. The number of likely N-dealkylation sites (tertiary alicyclic amines) is 1. The van der Waals surface area contributed by atoms with E-state index in [4.69, 9.17) is 9.47 Å². The first-order valence-corrected chi connectivity index (χ1v) is 7.12. The molecule has 0 aliphatic carbocycles. The quantitative estimate of drug-likeness (QED) is 0.783. The molecule has 6 nitrogen and oxygen atoms in total. The number of ether oxygens (including phenoxy) is 2. The Hall–Kier alpha value is -1.92. The van der Waals surface area contributed by atoms with E-state index in [1.807, 2.05) is 6.07 Å². The molecule has 112 valence electrons. The highest BCUT2D eigenvalue weighted by Gasteiger charge is 2.41. The van der Waals surface area contributed by atoms with E-state index in [1.54, 1.807) is 29.2 Å². The van der Waals surface area contributed by atoms with E-state index in [0.29, 0.717) is 44.8 Å². The number of benzene rings is 1. The maximum Gasteiger partial charge on any atom is 0.313 e. The monoisotopic (exact) mass is 290 g/mol. The molecule has 6 heteroatoms. The number of hydrogen-bond acceptors (Lipinski definition) is 4. The van der Waals surface area contributed by atoms with E-state index < -0.39 is 17.6 Å². The summed E-state index contributed by atoms with van der Waals surface area (Å²) in [6.45, 7) is 2.15. The number of nitrogens with zero attached hydrogens (tertiary/aromatic N) is 1. The number of rotatable bonds is 1. The minimum absolute atomic E-state index is 0.473. The van der Waals surface area contributed by atoms with Crippen LogP contribution in [-0.4, -0.2) is 48.8 Å². The number of piperidine rings is 1. The lowest BCUT2D eigenvalue weighted by atomic mass is 10.0. The van der Waals surface area contributed by atoms with Gasteiger partial charge in [0.2, 0.25) is 0 Å². The number of carbonyl (C=O) groups is 2. The molecule has 1 spiro atoms. The van der Waals surface area contributed by atoms with Crippen molar-refractivity contribution < 1.29 is 19.1 Å². The van der Waals surface area contributed by atoms with Gasteiger partial charge in [-0.25, -0.2) is 0 Å². The third-order valence-corrected chi connectivity index (χ3v) is 3.85. The van der Waals surface area contributed by atoms with E-state index in [2.05, 4.69) is 5.32 Å². The van der Waals surface area contributed by atoms with Crippen LogP contribution in [0.25, 0.3) is 0 Å². The lowest BCUT2D eigenvalue weighted by Crippen LogP contribution is -2.50. The van der Waals surface area contributed by atoms with Crippen LogP contribution in [0.2, 0.25) is 0 Å². The largest absolute Gasteiger partial charge is 0.347 e. The Morgan fingerprint density at radius 3 is 2.29 bits per heavy atom. The number of nitrogens with one attached hydrogen (secondary N) is 1. The number of carbonyl (C=O) groups excluding carboxylic acids is 2. The van der Waals surface area contributed by atoms with Crippen molar-refractivity contribution in [2.75, 3.05) is 31.6 Å². The summed E-state index contributed by atoms with van der Waals surface area (Å²) >= 11 is 0. The summed E-state index contributed by atoms with van der Waals surface area (Å²) < 4.78 is 11.2. The maximum absolute atomic E-state index is 12.1. The maximum atomic E-state index is 12.1. The number of para-hydroxylation sites is 1. The van der Waals surface area contributed by atoms with Crippen LogP contribution in [0, 0.1) is 0 Å². The van der Waals surface area contributed by atoms with Crippen LogP contribution in [0.5, 0.6) is 0 Å². The topological polar surface area (TPSA) is 67.9 Å². The minimum atomic E-state index is -0.606. The van der Waals surface area contributed by atoms with Crippen LogP contribution in [0.15, 0.2) is 30.3 Å². The lowest BCUT2D eigenvalue weighted by Gasteiger charge is -2.37. The molecule has 2 aliphatic heterocycles. The predicted molar refractivity (Wildman–Crippen MR) is 75.5 cm³/mol. The molecule has 1 aromatic carbocycles. The van der Waals surface area contributed by atoms with Crippen LogP contribution < -0.4 is 5.32 Å². The number of anilines is 1. The summed E-state index contributed by atoms with van der Waals surface area (Å²) in [5.41, 5.74) is 0.617. The lowest BCUT2D eigenvalue weighted by molar-refractivity contribution is -0.187. The van der Waals surface area contributed by atoms with E-state index in [0.717, 1.165) is 0 Å². The molecular formula is C15H18N2O4. The molecule has 2 amide bonds. The van der Waals surface area contributed by atoms with E-state index in [-0.39, 0.29) is 0 Å². The third kappa shape index (κ3) is 3.06. The second-order valence-corrected chi connectivity index (χ2v) is 5.22. The summed E-state index contributed by atoms with van der Waals surface area (Å²) in [6, 6.07) is 8.95. The van der Waals surface area contributed by atoms with Crippen molar-refractivity contribution in [1.29, 1.82) is 0 Å². The van der Waals surface area contributed by atoms with Crippen LogP contribution in [0.4, 0.5) is 5.69 Å². The smallest absolute Gasteiger partial charge is 0.313 e. The Kier molecular flexibility index (Phi) is 3.90. The highest BCUT2D eigenvalue weighted by Crippen LogP contribution is 2.31. The highest BCUT2D eigenvalue weighted by atomic mass is 16.7. The van der Waals surface area contributed by atoms with Crippen molar-refractivity contribution in [3.8, 4) is 0 Å². The summed E-state index contributed by atoms with van der Waals surface area (Å²) in [7, 11) is 0. The van der Waals surface area contributed by atoms with Gasteiger partial charge < -0.3 is 19.7 Å². The molecule has 0 atom stereocenters. The average molecular weight is 290 g/mol. The number of hydrogen-bond donors (Lipinski definition) is 1. The molecule has 0 aromatic heterocycles. The van der Waals surface area contributed by atoms with E-state index in [1.165, 1.54) is 0 Å². The Morgan fingerprint density at radius 1 is 1.05 bits per heavy atom. The fourth-order valence-electron chi connectivity index (χ4n) is 2.69. The summed E-state index contributed by atoms with van der Waals surface area (Å²) in [6.07, 6.45) is 1.22. The van der Waals surface area contributed by atoms with Crippen molar-refractivity contribution >= 4 is 17.5 Å². The van der Waals surface area contributed by atoms with Gasteiger partial charge in [-0.15, -0.1) is 0 Å². The zero-order valence-electron chi connectivity index (χ0n) is 11.7. The van der Waals surface area contributed by atoms with Crippen molar-refractivity contribution in [2.24, 2.45) is 0 Å². The fraction of sp³-hybridized carbons (Fsp3) is 0.467. The van der Waals surface area contributed by atoms with Gasteiger partial charge in [-0.3, -0.25) is 9.59 Å². The molecular weight excluding hydrogens is 272 g/mol. The fourth-order valence-corrected chi connectivity index (χ4v) is 2.69. The van der Waals surface area contributed by atoms with Crippen molar-refractivity contribution in [3.63, 3.8) is 0 Å². The van der Waals surface area contributed by atoms with Gasteiger partial charge in [0.1, 0.15) is 0 Å². The zero-order valence-corrected chi connectivity index (χ0v) is 11.7. The second kappa shape index (κ2) is 5.83. The van der Waals surface area contributed by atoms with Gasteiger partial charge in [0.05, 0.1) is 13.2 Å². The minimum Gasteiger partial charge on any atom is -0.347 e. The summed E-state index contributed by atoms with van der Waals surface area (Å²) in [4.78, 5) is 25.6. The third-order valence-electron chi connectivity index (χ3n) is 3.85. The molecule has 0 unspecified atom stereocenters. The van der Waals surface area contributed by atoms with Gasteiger partial charge in [0, 0.05) is 31.6 Å². The Morgan fingerprint density at radius 2 is 1.67 bits per heavy atom.